The number of hydrogen-bond acceptors (Lipinski definition) is 3. The number of phenolic OH excluding ortho intramolecular Hbond substituents is 1. The van der Waals surface area contributed by atoms with Gasteiger partial charge < -0.3 is 15.5 Å². The van der Waals surface area contributed by atoms with Gasteiger partial charge in [0.15, 0.2) is 0 Å². The van der Waals surface area contributed by atoms with Crippen LogP contribution in [-0.4, -0.2) is 23.4 Å². The van der Waals surface area contributed by atoms with Crippen molar-refractivity contribution in [3.05, 3.63) is 29.8 Å². The Balaban J connectivity index is 1.99. The maximum Gasteiger partial charge on any atom is 0.115 e. The molecule has 0 bridgehead atoms. The molecule has 0 amide bonds. The molecule has 2 aliphatic rings. The van der Waals surface area contributed by atoms with Gasteiger partial charge in [0, 0.05) is 11.5 Å². The van der Waals surface area contributed by atoms with Crippen molar-refractivity contribution < 1.29 is 10.2 Å². The van der Waals surface area contributed by atoms with Gasteiger partial charge in [-0.3, -0.25) is 0 Å². The standard InChI is InChI=1S/C18H27NO2/c1-19-18(12-13-9-10-13,14-5-4-6-15(20)11-14)16-7-2-3-8-17(16)21/h4-6,11,13,16-17,19-21H,2-3,7-10,12H2,1H3/t16-,17+,18?/m0/s1. The fourth-order valence-corrected chi connectivity index (χ4v) is 4.16. The van der Waals surface area contributed by atoms with Crippen LogP contribution in [0.5, 0.6) is 5.75 Å². The van der Waals surface area contributed by atoms with Gasteiger partial charge >= 0.3 is 0 Å². The molecule has 3 heteroatoms. The van der Waals surface area contributed by atoms with Gasteiger partial charge in [-0.15, -0.1) is 0 Å². The monoisotopic (exact) mass is 289 g/mol. The molecule has 1 aromatic rings. The lowest BCUT2D eigenvalue weighted by Gasteiger charge is -2.46. The molecule has 0 radical (unpaired) electrons. The molecule has 0 saturated heterocycles. The van der Waals surface area contributed by atoms with Gasteiger partial charge in [0.2, 0.25) is 0 Å². The molecule has 0 aromatic heterocycles. The van der Waals surface area contributed by atoms with Gasteiger partial charge in [-0.25, -0.2) is 0 Å². The highest BCUT2D eigenvalue weighted by Gasteiger charge is 2.46. The first-order valence-corrected chi connectivity index (χ1v) is 8.32. The Morgan fingerprint density at radius 3 is 2.57 bits per heavy atom. The first-order valence-electron chi connectivity index (χ1n) is 8.32. The molecular formula is C18H27NO2. The Hall–Kier alpha value is -1.06. The summed E-state index contributed by atoms with van der Waals surface area (Å²) in [5, 5.41) is 24.1. The van der Waals surface area contributed by atoms with Gasteiger partial charge in [-0.05, 0) is 49.9 Å². The van der Waals surface area contributed by atoms with E-state index in [2.05, 4.69) is 11.4 Å². The highest BCUT2D eigenvalue weighted by molar-refractivity contribution is 5.34. The SMILES string of the molecule is CNC(CC1CC1)(c1cccc(O)c1)[C@H]1CCCC[C@H]1O. The molecule has 3 atom stereocenters. The van der Waals surface area contributed by atoms with Crippen LogP contribution in [0.15, 0.2) is 24.3 Å². The number of benzene rings is 1. The Bertz CT molecular complexity index is 486. The number of aromatic hydroxyl groups is 1. The van der Waals surface area contributed by atoms with E-state index in [-0.39, 0.29) is 17.6 Å². The lowest BCUT2D eigenvalue weighted by Crippen LogP contribution is -2.52. The van der Waals surface area contributed by atoms with Crippen LogP contribution in [0.2, 0.25) is 0 Å². The summed E-state index contributed by atoms with van der Waals surface area (Å²) in [7, 11) is 2.01. The van der Waals surface area contributed by atoms with Crippen molar-refractivity contribution in [2.24, 2.45) is 11.8 Å². The van der Waals surface area contributed by atoms with Crippen molar-refractivity contribution in [3.8, 4) is 5.75 Å². The minimum atomic E-state index is -0.243. The number of phenols is 1. The largest absolute Gasteiger partial charge is 0.508 e. The fraction of sp³-hybridized carbons (Fsp3) is 0.667. The summed E-state index contributed by atoms with van der Waals surface area (Å²) in [5.41, 5.74) is 0.919. The van der Waals surface area contributed by atoms with E-state index in [4.69, 9.17) is 0 Å². The second-order valence-corrected chi connectivity index (χ2v) is 6.88. The number of aliphatic hydroxyl groups excluding tert-OH is 1. The number of aliphatic hydroxyl groups is 1. The van der Waals surface area contributed by atoms with E-state index in [1.165, 1.54) is 19.3 Å². The molecule has 2 fully saturated rings. The van der Waals surface area contributed by atoms with Crippen molar-refractivity contribution in [2.45, 2.75) is 56.6 Å². The van der Waals surface area contributed by atoms with Crippen molar-refractivity contribution in [2.75, 3.05) is 7.05 Å². The Labute approximate surface area is 127 Å². The average Bonchev–Trinajstić information content (AvgIpc) is 3.29. The quantitative estimate of drug-likeness (QED) is 0.780. The normalized spacial score (nSPS) is 29.0. The van der Waals surface area contributed by atoms with Crippen LogP contribution in [0.1, 0.15) is 50.5 Å². The predicted molar refractivity (Wildman–Crippen MR) is 84.2 cm³/mol. The molecule has 3 N–H and O–H groups in total. The van der Waals surface area contributed by atoms with Gasteiger partial charge in [0.05, 0.1) is 6.10 Å². The smallest absolute Gasteiger partial charge is 0.115 e. The molecule has 116 valence electrons. The summed E-state index contributed by atoms with van der Waals surface area (Å²) < 4.78 is 0. The van der Waals surface area contributed by atoms with E-state index in [1.807, 2.05) is 19.2 Å². The molecule has 2 aliphatic carbocycles. The van der Waals surface area contributed by atoms with Crippen LogP contribution in [0.4, 0.5) is 0 Å². The van der Waals surface area contributed by atoms with E-state index >= 15 is 0 Å². The Morgan fingerprint density at radius 1 is 1.19 bits per heavy atom. The first kappa shape index (κ1) is 14.9. The molecule has 0 aliphatic heterocycles. The third kappa shape index (κ3) is 2.95. The zero-order chi connectivity index (χ0) is 14.9. The second kappa shape index (κ2) is 5.98. The highest BCUT2D eigenvalue weighted by atomic mass is 16.3. The van der Waals surface area contributed by atoms with E-state index in [0.29, 0.717) is 5.75 Å². The van der Waals surface area contributed by atoms with Crippen LogP contribution in [0.25, 0.3) is 0 Å². The third-order valence-corrected chi connectivity index (χ3v) is 5.48. The summed E-state index contributed by atoms with van der Waals surface area (Å²) >= 11 is 0. The second-order valence-electron chi connectivity index (χ2n) is 6.88. The van der Waals surface area contributed by atoms with Crippen LogP contribution >= 0.6 is 0 Å². The van der Waals surface area contributed by atoms with Crippen molar-refractivity contribution in [1.29, 1.82) is 0 Å². The van der Waals surface area contributed by atoms with Gasteiger partial charge in [0.1, 0.15) is 5.75 Å². The zero-order valence-corrected chi connectivity index (χ0v) is 12.9. The molecule has 21 heavy (non-hydrogen) atoms. The molecule has 1 aromatic carbocycles. The minimum absolute atomic E-state index is 0.209. The van der Waals surface area contributed by atoms with E-state index < -0.39 is 0 Å². The van der Waals surface area contributed by atoms with Crippen molar-refractivity contribution in [3.63, 3.8) is 0 Å². The summed E-state index contributed by atoms with van der Waals surface area (Å²) in [6, 6.07) is 7.61. The minimum Gasteiger partial charge on any atom is -0.508 e. The molecule has 2 saturated carbocycles. The van der Waals surface area contributed by atoms with Crippen LogP contribution in [0, 0.1) is 11.8 Å². The van der Waals surface area contributed by atoms with E-state index in [1.54, 1.807) is 6.07 Å². The lowest BCUT2D eigenvalue weighted by molar-refractivity contribution is 0.00485. The molecule has 0 heterocycles. The fourth-order valence-electron chi connectivity index (χ4n) is 4.16. The van der Waals surface area contributed by atoms with Gasteiger partial charge in [-0.2, -0.15) is 0 Å². The Morgan fingerprint density at radius 2 is 1.95 bits per heavy atom. The topological polar surface area (TPSA) is 52.5 Å². The molecular weight excluding hydrogens is 262 g/mol. The molecule has 3 rings (SSSR count). The zero-order valence-electron chi connectivity index (χ0n) is 12.9. The Kier molecular flexibility index (Phi) is 4.23. The third-order valence-electron chi connectivity index (χ3n) is 5.48. The van der Waals surface area contributed by atoms with Crippen molar-refractivity contribution >= 4 is 0 Å². The van der Waals surface area contributed by atoms with Crippen LogP contribution < -0.4 is 5.32 Å². The van der Waals surface area contributed by atoms with Crippen LogP contribution in [0.3, 0.4) is 0 Å². The molecule has 3 nitrogen and oxygen atoms in total. The van der Waals surface area contributed by atoms with Gasteiger partial charge in [0.25, 0.3) is 0 Å². The van der Waals surface area contributed by atoms with E-state index in [9.17, 15) is 10.2 Å². The maximum absolute atomic E-state index is 10.6. The predicted octanol–water partition coefficient (Wildman–Crippen LogP) is 3.16. The first-order chi connectivity index (χ1) is 10.2. The average molecular weight is 289 g/mol. The van der Waals surface area contributed by atoms with Crippen LogP contribution in [-0.2, 0) is 5.54 Å². The maximum atomic E-state index is 10.6. The molecule has 1 unspecified atom stereocenters. The van der Waals surface area contributed by atoms with E-state index in [0.717, 1.165) is 37.2 Å². The van der Waals surface area contributed by atoms with Gasteiger partial charge in [-0.1, -0.05) is 37.8 Å². The highest BCUT2D eigenvalue weighted by Crippen LogP contribution is 2.48. The summed E-state index contributed by atoms with van der Waals surface area (Å²) in [5.74, 6) is 1.31. The number of hydrogen-bond donors (Lipinski definition) is 3. The summed E-state index contributed by atoms with van der Waals surface area (Å²) in [6.07, 6.45) is 7.69. The lowest BCUT2D eigenvalue weighted by atomic mass is 9.67. The number of rotatable bonds is 5. The summed E-state index contributed by atoms with van der Waals surface area (Å²) in [6.45, 7) is 0. The van der Waals surface area contributed by atoms with Crippen molar-refractivity contribution in [1.82, 2.24) is 5.32 Å². The summed E-state index contributed by atoms with van der Waals surface area (Å²) in [4.78, 5) is 0. The number of nitrogens with one attached hydrogen (secondary N) is 1. The molecule has 0 spiro atoms.